The quantitative estimate of drug-likeness (QED) is 0.292. The summed E-state index contributed by atoms with van der Waals surface area (Å²) in [6.07, 6.45) is -2.56. The SMILES string of the molecule is CCCC(C(=O)C(=O)N[C@H](Cc1ccccc1)C(=O)O)N1C[C@H](F)[C@H]2CN(C(=O)[C@@H](NC(=O)OC(C)C)C(C)(C)C)[C@H](C1=O)[C@H]2C. The number of Topliss-reactive ketones (excluding diaryl/α,β-unsaturated/α-hetero) is 1. The van der Waals surface area contributed by atoms with Crippen LogP contribution in [0.5, 0.6) is 0 Å². The molecular weight excluding hydrogens is 599 g/mol. The van der Waals surface area contributed by atoms with Crippen LogP contribution in [0.1, 0.15) is 66.9 Å². The van der Waals surface area contributed by atoms with Gasteiger partial charge in [0, 0.05) is 18.9 Å². The molecule has 1 aromatic rings. The van der Waals surface area contributed by atoms with Crippen LogP contribution in [0.2, 0.25) is 0 Å². The lowest BCUT2D eigenvalue weighted by molar-refractivity contribution is -0.153. The highest BCUT2D eigenvalue weighted by Gasteiger charge is 2.56. The highest BCUT2D eigenvalue weighted by molar-refractivity contribution is 6.38. The van der Waals surface area contributed by atoms with Crippen LogP contribution in [-0.2, 0) is 35.1 Å². The van der Waals surface area contributed by atoms with Crippen molar-refractivity contribution in [2.75, 3.05) is 13.1 Å². The van der Waals surface area contributed by atoms with Crippen LogP contribution >= 0.6 is 0 Å². The van der Waals surface area contributed by atoms with Crippen molar-refractivity contribution in [1.82, 2.24) is 20.4 Å². The van der Waals surface area contributed by atoms with Crippen LogP contribution in [0.25, 0.3) is 0 Å². The number of alkyl carbamates (subject to hydrolysis) is 1. The monoisotopic (exact) mass is 646 g/mol. The van der Waals surface area contributed by atoms with Gasteiger partial charge >= 0.3 is 12.1 Å². The average molecular weight is 647 g/mol. The minimum atomic E-state index is -1.62. The van der Waals surface area contributed by atoms with Crippen LogP contribution in [-0.4, -0.2) is 100 Å². The number of ketones is 1. The van der Waals surface area contributed by atoms with Gasteiger partial charge in [0.05, 0.1) is 12.6 Å². The maximum absolute atomic E-state index is 15.9. The second-order valence-electron chi connectivity index (χ2n) is 13.6. The summed E-state index contributed by atoms with van der Waals surface area (Å²) in [5.74, 6) is -6.22. The van der Waals surface area contributed by atoms with E-state index in [1.165, 1.54) is 4.90 Å². The van der Waals surface area contributed by atoms with Crippen LogP contribution < -0.4 is 10.6 Å². The molecule has 7 atom stereocenters. The zero-order valence-electron chi connectivity index (χ0n) is 27.6. The van der Waals surface area contributed by atoms with E-state index in [0.717, 1.165) is 4.90 Å². The van der Waals surface area contributed by atoms with Crippen LogP contribution in [0.4, 0.5) is 9.18 Å². The third-order valence-corrected chi connectivity index (χ3v) is 8.64. The zero-order valence-corrected chi connectivity index (χ0v) is 27.6. The van der Waals surface area contributed by atoms with Crippen molar-refractivity contribution >= 4 is 35.6 Å². The van der Waals surface area contributed by atoms with Crippen molar-refractivity contribution in [1.29, 1.82) is 0 Å². The Balaban J connectivity index is 1.89. The van der Waals surface area contributed by atoms with Crippen molar-refractivity contribution in [2.24, 2.45) is 17.3 Å². The minimum absolute atomic E-state index is 0.0219. The molecule has 0 radical (unpaired) electrons. The van der Waals surface area contributed by atoms with Gasteiger partial charge in [-0.3, -0.25) is 19.2 Å². The number of likely N-dealkylation sites (tertiary alicyclic amines) is 2. The Kier molecular flexibility index (Phi) is 11.9. The van der Waals surface area contributed by atoms with Gasteiger partial charge in [0.25, 0.3) is 5.91 Å². The topological polar surface area (TPSA) is 162 Å². The molecule has 46 heavy (non-hydrogen) atoms. The average Bonchev–Trinajstić information content (AvgIpc) is 3.28. The van der Waals surface area contributed by atoms with Crippen LogP contribution in [0.15, 0.2) is 30.3 Å². The molecule has 0 aliphatic carbocycles. The summed E-state index contributed by atoms with van der Waals surface area (Å²) in [6, 6.07) is 3.54. The summed E-state index contributed by atoms with van der Waals surface area (Å²) >= 11 is 0. The van der Waals surface area contributed by atoms with E-state index in [4.69, 9.17) is 4.74 Å². The van der Waals surface area contributed by atoms with E-state index < -0.39 is 95.8 Å². The molecule has 2 aliphatic heterocycles. The molecule has 0 saturated carbocycles. The smallest absolute Gasteiger partial charge is 0.408 e. The number of halogens is 1. The van der Waals surface area contributed by atoms with Crippen molar-refractivity contribution < 1.29 is 43.0 Å². The molecule has 4 amide bonds. The number of carboxylic acid groups (broad SMARTS) is 1. The van der Waals surface area contributed by atoms with Crippen LogP contribution in [0, 0.1) is 17.3 Å². The molecule has 2 saturated heterocycles. The van der Waals surface area contributed by atoms with Gasteiger partial charge in [-0.1, -0.05) is 71.4 Å². The van der Waals surface area contributed by atoms with E-state index in [9.17, 15) is 33.9 Å². The fourth-order valence-corrected chi connectivity index (χ4v) is 6.23. The van der Waals surface area contributed by atoms with Gasteiger partial charge in [-0.25, -0.2) is 14.0 Å². The molecule has 1 unspecified atom stereocenters. The first kappa shape index (κ1) is 36.4. The van der Waals surface area contributed by atoms with Gasteiger partial charge in [-0.05, 0) is 37.2 Å². The molecule has 0 aromatic heterocycles. The predicted octanol–water partition coefficient (Wildman–Crippen LogP) is 2.73. The molecule has 3 rings (SSSR count). The van der Waals surface area contributed by atoms with Gasteiger partial charge < -0.3 is 30.3 Å². The van der Waals surface area contributed by atoms with E-state index in [0.29, 0.717) is 12.0 Å². The molecule has 2 aliphatic rings. The lowest BCUT2D eigenvalue weighted by Gasteiger charge is -2.39. The fraction of sp³-hybridized carbons (Fsp3) is 0.636. The Hall–Kier alpha value is -4.03. The number of rotatable bonds is 12. The Morgan fingerprint density at radius 1 is 1.07 bits per heavy atom. The number of hydrogen-bond donors (Lipinski definition) is 3. The number of carbonyl (C=O) groups is 6. The van der Waals surface area contributed by atoms with Gasteiger partial charge in [-0.15, -0.1) is 0 Å². The number of aliphatic carboxylic acids is 1. The normalized spacial score (nSPS) is 23.3. The number of ether oxygens (including phenoxy) is 1. The van der Waals surface area contributed by atoms with Gasteiger partial charge in [0.2, 0.25) is 17.6 Å². The summed E-state index contributed by atoms with van der Waals surface area (Å²) < 4.78 is 21.1. The maximum Gasteiger partial charge on any atom is 0.408 e. The molecule has 2 fully saturated rings. The standard InChI is InChI=1S/C33H47FN4O8/c1-8-12-24(26(39)28(40)35-23(31(43)44)15-20-13-10-9-11-14-20)37-17-22(34)21-16-38(25(19(21)4)29(37)41)30(42)27(33(5,6)7)36-32(45)46-18(2)3/h9-11,13-14,18-19,21-25,27H,8,12,15-17H2,1-7H3,(H,35,40)(H,36,45)(H,43,44)/t19-,21-,22-,23+,24?,25-,27+/m0/s1. The molecule has 13 heteroatoms. The van der Waals surface area contributed by atoms with E-state index in [-0.39, 0.29) is 19.4 Å². The number of alkyl halides is 1. The largest absolute Gasteiger partial charge is 0.480 e. The summed E-state index contributed by atoms with van der Waals surface area (Å²) in [5.41, 5.74) is -0.175. The summed E-state index contributed by atoms with van der Waals surface area (Å²) in [5, 5.41) is 14.6. The first-order chi connectivity index (χ1) is 21.5. The second-order valence-corrected chi connectivity index (χ2v) is 13.6. The lowest BCUT2D eigenvalue weighted by atomic mass is 9.85. The molecule has 3 N–H and O–H groups in total. The van der Waals surface area contributed by atoms with Crippen molar-refractivity contribution in [3.05, 3.63) is 35.9 Å². The molecule has 0 spiro atoms. The number of nitrogens with zero attached hydrogens (tertiary/aromatic N) is 2. The Morgan fingerprint density at radius 3 is 2.24 bits per heavy atom. The lowest BCUT2D eigenvalue weighted by Crippen LogP contribution is -2.61. The van der Waals surface area contributed by atoms with E-state index in [2.05, 4.69) is 10.6 Å². The first-order valence-electron chi connectivity index (χ1n) is 15.8. The number of hydrogen-bond acceptors (Lipinski definition) is 7. The number of carbonyl (C=O) groups excluding carboxylic acids is 5. The number of fused-ring (bicyclic) bond motifs is 2. The summed E-state index contributed by atoms with van der Waals surface area (Å²) in [7, 11) is 0. The number of benzene rings is 1. The van der Waals surface area contributed by atoms with E-state index in [1.807, 2.05) is 0 Å². The minimum Gasteiger partial charge on any atom is -0.480 e. The Bertz CT molecular complexity index is 1300. The molecule has 2 bridgehead atoms. The van der Waals surface area contributed by atoms with Gasteiger partial charge in [0.15, 0.2) is 0 Å². The van der Waals surface area contributed by atoms with Gasteiger partial charge in [0.1, 0.15) is 30.3 Å². The van der Waals surface area contributed by atoms with E-state index >= 15 is 4.39 Å². The van der Waals surface area contributed by atoms with Crippen molar-refractivity contribution in [3.63, 3.8) is 0 Å². The van der Waals surface area contributed by atoms with Crippen molar-refractivity contribution in [3.8, 4) is 0 Å². The third kappa shape index (κ3) is 8.41. The third-order valence-electron chi connectivity index (χ3n) is 8.64. The Labute approximate surface area is 269 Å². The summed E-state index contributed by atoms with van der Waals surface area (Å²) in [4.78, 5) is 81.8. The Morgan fingerprint density at radius 2 is 1.70 bits per heavy atom. The highest BCUT2D eigenvalue weighted by atomic mass is 19.1. The van der Waals surface area contributed by atoms with Crippen molar-refractivity contribution in [2.45, 2.75) is 104 Å². The molecule has 254 valence electrons. The molecule has 12 nitrogen and oxygen atoms in total. The first-order valence-corrected chi connectivity index (χ1v) is 15.8. The predicted molar refractivity (Wildman–Crippen MR) is 166 cm³/mol. The second kappa shape index (κ2) is 15.0. The highest BCUT2D eigenvalue weighted by Crippen LogP contribution is 2.39. The number of nitrogens with one attached hydrogen (secondary N) is 2. The fourth-order valence-electron chi connectivity index (χ4n) is 6.23. The molecule has 2 heterocycles. The molecule has 1 aromatic carbocycles. The number of carboxylic acids is 1. The summed E-state index contributed by atoms with van der Waals surface area (Å²) in [6.45, 7) is 11.4. The molecular formula is C33H47FN4O8. The van der Waals surface area contributed by atoms with Crippen LogP contribution in [0.3, 0.4) is 0 Å². The van der Waals surface area contributed by atoms with E-state index in [1.54, 1.807) is 78.8 Å². The van der Waals surface area contributed by atoms with Gasteiger partial charge in [-0.2, -0.15) is 0 Å². The number of amides is 4. The zero-order chi connectivity index (χ0) is 34.5. The maximum atomic E-state index is 15.9.